The maximum absolute atomic E-state index is 12.2. The molecular formula is C22H23N3O3. The zero-order valence-electron chi connectivity index (χ0n) is 15.8. The molecule has 0 radical (unpaired) electrons. The first-order chi connectivity index (χ1) is 13.5. The van der Waals surface area contributed by atoms with Crippen molar-refractivity contribution in [3.05, 3.63) is 72.3 Å². The molecule has 2 aromatic rings. The van der Waals surface area contributed by atoms with Gasteiger partial charge in [0.05, 0.1) is 6.42 Å². The third-order valence-corrected chi connectivity index (χ3v) is 3.93. The van der Waals surface area contributed by atoms with Crippen molar-refractivity contribution < 1.29 is 14.3 Å². The van der Waals surface area contributed by atoms with E-state index in [0.717, 1.165) is 11.1 Å². The number of carbonyl (C=O) groups excluding carboxylic acids is 2. The summed E-state index contributed by atoms with van der Waals surface area (Å²) in [5.74, 6) is 0.165. The Hall–Kier alpha value is -3.59. The number of hydrogen-bond acceptors (Lipinski definition) is 4. The van der Waals surface area contributed by atoms with E-state index in [0.29, 0.717) is 24.4 Å². The smallest absolute Gasteiger partial charge is 0.247 e. The van der Waals surface area contributed by atoms with E-state index in [-0.39, 0.29) is 18.2 Å². The van der Waals surface area contributed by atoms with Gasteiger partial charge in [-0.3, -0.25) is 9.59 Å². The van der Waals surface area contributed by atoms with Crippen LogP contribution < -0.4 is 15.4 Å². The SMILES string of the molecule is C=CC(=O)Nc1cccc(CC(=O)NCc2cccc(OC(C#N)CC)c2)c1. The van der Waals surface area contributed by atoms with Crippen LogP contribution in [0.5, 0.6) is 5.75 Å². The first-order valence-electron chi connectivity index (χ1n) is 8.98. The number of nitrogens with one attached hydrogen (secondary N) is 2. The number of ether oxygens (including phenoxy) is 1. The van der Waals surface area contributed by atoms with E-state index in [2.05, 4.69) is 23.3 Å². The first kappa shape index (κ1) is 20.7. The van der Waals surface area contributed by atoms with E-state index < -0.39 is 6.10 Å². The highest BCUT2D eigenvalue weighted by Gasteiger charge is 2.08. The van der Waals surface area contributed by atoms with E-state index >= 15 is 0 Å². The predicted octanol–water partition coefficient (Wildman–Crippen LogP) is 3.35. The summed E-state index contributed by atoms with van der Waals surface area (Å²) in [7, 11) is 0. The molecule has 0 saturated carbocycles. The van der Waals surface area contributed by atoms with E-state index in [1.165, 1.54) is 6.08 Å². The van der Waals surface area contributed by atoms with Crippen LogP contribution in [-0.4, -0.2) is 17.9 Å². The molecule has 0 aliphatic rings. The number of carbonyl (C=O) groups is 2. The van der Waals surface area contributed by atoms with Crippen molar-refractivity contribution >= 4 is 17.5 Å². The Kier molecular flexibility index (Phi) is 7.79. The molecule has 28 heavy (non-hydrogen) atoms. The third-order valence-electron chi connectivity index (χ3n) is 3.93. The van der Waals surface area contributed by atoms with Gasteiger partial charge in [0.25, 0.3) is 0 Å². The molecule has 144 valence electrons. The maximum Gasteiger partial charge on any atom is 0.247 e. The lowest BCUT2D eigenvalue weighted by atomic mass is 10.1. The first-order valence-corrected chi connectivity index (χ1v) is 8.98. The Bertz CT molecular complexity index is 887. The maximum atomic E-state index is 12.2. The standard InChI is InChI=1S/C22H23N3O3/c1-3-19(14-23)28-20-10-6-8-17(12-20)15-24-22(27)13-16-7-5-9-18(11-16)25-21(26)4-2/h4-12,19H,2-3,13,15H2,1H3,(H,24,27)(H,25,26). The van der Waals surface area contributed by atoms with Gasteiger partial charge >= 0.3 is 0 Å². The predicted molar refractivity (Wildman–Crippen MR) is 108 cm³/mol. The summed E-state index contributed by atoms with van der Waals surface area (Å²) in [6, 6.07) is 16.5. The highest BCUT2D eigenvalue weighted by atomic mass is 16.5. The van der Waals surface area contributed by atoms with Gasteiger partial charge in [-0.15, -0.1) is 0 Å². The highest BCUT2D eigenvalue weighted by molar-refractivity contribution is 5.98. The van der Waals surface area contributed by atoms with E-state index in [4.69, 9.17) is 10.00 Å². The Balaban J connectivity index is 1.91. The summed E-state index contributed by atoms with van der Waals surface area (Å²) in [6.45, 7) is 5.65. The summed E-state index contributed by atoms with van der Waals surface area (Å²) in [5.41, 5.74) is 2.28. The topological polar surface area (TPSA) is 91.2 Å². The van der Waals surface area contributed by atoms with E-state index in [9.17, 15) is 9.59 Å². The number of amides is 2. The molecule has 2 amide bonds. The molecule has 6 heteroatoms. The van der Waals surface area contributed by atoms with Gasteiger partial charge in [-0.2, -0.15) is 5.26 Å². The second-order valence-corrected chi connectivity index (χ2v) is 6.14. The Morgan fingerprint density at radius 3 is 2.68 bits per heavy atom. The Morgan fingerprint density at radius 1 is 1.21 bits per heavy atom. The molecule has 0 heterocycles. The molecule has 6 nitrogen and oxygen atoms in total. The van der Waals surface area contributed by atoms with Gasteiger partial charge in [-0.05, 0) is 47.9 Å². The molecule has 2 N–H and O–H groups in total. The minimum atomic E-state index is -0.487. The Labute approximate surface area is 164 Å². The molecule has 0 saturated heterocycles. The van der Waals surface area contributed by atoms with Gasteiger partial charge in [-0.25, -0.2) is 0 Å². The van der Waals surface area contributed by atoms with Crippen molar-refractivity contribution in [3.8, 4) is 11.8 Å². The monoisotopic (exact) mass is 377 g/mol. The number of anilines is 1. The van der Waals surface area contributed by atoms with E-state index in [1.54, 1.807) is 24.3 Å². The summed E-state index contributed by atoms with van der Waals surface area (Å²) in [4.78, 5) is 23.6. The zero-order chi connectivity index (χ0) is 20.4. The van der Waals surface area contributed by atoms with Gasteiger partial charge in [-0.1, -0.05) is 37.8 Å². The van der Waals surface area contributed by atoms with Crippen LogP contribution in [0, 0.1) is 11.3 Å². The van der Waals surface area contributed by atoms with E-state index in [1.807, 2.05) is 31.2 Å². The van der Waals surface area contributed by atoms with Crippen LogP contribution in [0.15, 0.2) is 61.2 Å². The third kappa shape index (κ3) is 6.61. The molecule has 1 unspecified atom stereocenters. The number of nitriles is 1. The summed E-state index contributed by atoms with van der Waals surface area (Å²) in [5, 5.41) is 14.5. The summed E-state index contributed by atoms with van der Waals surface area (Å²) in [6.07, 6.45) is 1.50. The van der Waals surface area contributed by atoms with Crippen molar-refractivity contribution in [2.24, 2.45) is 0 Å². The fourth-order valence-corrected chi connectivity index (χ4v) is 2.49. The number of rotatable bonds is 9. The number of hydrogen-bond donors (Lipinski definition) is 2. The largest absolute Gasteiger partial charge is 0.476 e. The van der Waals surface area contributed by atoms with Gasteiger partial charge < -0.3 is 15.4 Å². The Morgan fingerprint density at radius 2 is 1.96 bits per heavy atom. The van der Waals surface area contributed by atoms with Crippen LogP contribution in [0.25, 0.3) is 0 Å². The molecule has 0 fully saturated rings. The molecule has 0 bridgehead atoms. The van der Waals surface area contributed by atoms with Gasteiger partial charge in [0.15, 0.2) is 6.10 Å². The van der Waals surface area contributed by atoms with Crippen molar-refractivity contribution in [1.29, 1.82) is 5.26 Å². The van der Waals surface area contributed by atoms with Crippen molar-refractivity contribution in [2.75, 3.05) is 5.32 Å². The quantitative estimate of drug-likeness (QED) is 0.656. The average Bonchev–Trinajstić information content (AvgIpc) is 2.71. The normalized spacial score (nSPS) is 11.0. The highest BCUT2D eigenvalue weighted by Crippen LogP contribution is 2.16. The molecular weight excluding hydrogens is 354 g/mol. The van der Waals surface area contributed by atoms with Crippen LogP contribution in [0.2, 0.25) is 0 Å². The van der Waals surface area contributed by atoms with Gasteiger partial charge in [0.2, 0.25) is 11.8 Å². The van der Waals surface area contributed by atoms with Crippen LogP contribution in [-0.2, 0) is 22.6 Å². The molecule has 0 aromatic heterocycles. The molecule has 0 aliphatic carbocycles. The molecule has 1 atom stereocenters. The minimum Gasteiger partial charge on any atom is -0.476 e. The van der Waals surface area contributed by atoms with Crippen molar-refractivity contribution in [3.63, 3.8) is 0 Å². The molecule has 2 aromatic carbocycles. The van der Waals surface area contributed by atoms with Crippen molar-refractivity contribution in [1.82, 2.24) is 5.32 Å². The van der Waals surface area contributed by atoms with Gasteiger partial charge in [0.1, 0.15) is 11.8 Å². The van der Waals surface area contributed by atoms with Crippen LogP contribution in [0.4, 0.5) is 5.69 Å². The van der Waals surface area contributed by atoms with Crippen LogP contribution in [0.3, 0.4) is 0 Å². The minimum absolute atomic E-state index is 0.137. The lowest BCUT2D eigenvalue weighted by Crippen LogP contribution is -2.24. The van der Waals surface area contributed by atoms with Crippen LogP contribution in [0.1, 0.15) is 24.5 Å². The van der Waals surface area contributed by atoms with Gasteiger partial charge in [0, 0.05) is 12.2 Å². The molecule has 0 aliphatic heterocycles. The molecule has 2 rings (SSSR count). The average molecular weight is 377 g/mol. The summed E-state index contributed by atoms with van der Waals surface area (Å²) < 4.78 is 5.59. The second-order valence-electron chi connectivity index (χ2n) is 6.14. The number of nitrogens with zero attached hydrogens (tertiary/aromatic N) is 1. The lowest BCUT2D eigenvalue weighted by Gasteiger charge is -2.12. The summed E-state index contributed by atoms with van der Waals surface area (Å²) >= 11 is 0. The molecule has 0 spiro atoms. The number of benzene rings is 2. The fourth-order valence-electron chi connectivity index (χ4n) is 2.49. The van der Waals surface area contributed by atoms with Crippen LogP contribution >= 0.6 is 0 Å². The van der Waals surface area contributed by atoms with Crippen molar-refractivity contribution in [2.45, 2.75) is 32.4 Å². The fraction of sp³-hybridized carbons (Fsp3) is 0.227. The zero-order valence-corrected chi connectivity index (χ0v) is 15.8. The second kappa shape index (κ2) is 10.5. The lowest BCUT2D eigenvalue weighted by molar-refractivity contribution is -0.120.